The molecule has 0 radical (unpaired) electrons. The van der Waals surface area contributed by atoms with E-state index in [1.807, 2.05) is 30.3 Å². The third-order valence-electron chi connectivity index (χ3n) is 3.02. The van der Waals surface area contributed by atoms with Crippen LogP contribution < -0.4 is 10.5 Å². The molecule has 0 bridgehead atoms. The lowest BCUT2D eigenvalue weighted by atomic mass is 10.2. The number of hydrogen-bond donors (Lipinski definition) is 1. The molecule has 0 atom stereocenters. The number of ether oxygens (including phenoxy) is 1. The van der Waals surface area contributed by atoms with Gasteiger partial charge in [-0.05, 0) is 17.7 Å². The lowest BCUT2D eigenvalue weighted by Gasteiger charge is -2.09. The van der Waals surface area contributed by atoms with Crippen molar-refractivity contribution in [1.29, 1.82) is 0 Å². The number of halogens is 3. The number of hydrogen-bond acceptors (Lipinski definition) is 6. The van der Waals surface area contributed by atoms with Crippen molar-refractivity contribution in [3.63, 3.8) is 0 Å². The first kappa shape index (κ1) is 20.2. The lowest BCUT2D eigenvalue weighted by molar-refractivity contribution is -0.388. The van der Waals surface area contributed by atoms with Gasteiger partial charge in [0.15, 0.2) is 5.17 Å². The number of para-hydroxylation sites is 1. The first-order valence-electron chi connectivity index (χ1n) is 7.32. The van der Waals surface area contributed by atoms with E-state index in [2.05, 4.69) is 14.9 Å². The number of amidine groups is 1. The van der Waals surface area contributed by atoms with Crippen LogP contribution in [0.5, 0.6) is 5.75 Å². The third kappa shape index (κ3) is 6.62. The molecule has 0 aliphatic rings. The van der Waals surface area contributed by atoms with Gasteiger partial charge in [0.2, 0.25) is 5.75 Å². The molecule has 0 saturated carbocycles. The summed E-state index contributed by atoms with van der Waals surface area (Å²) in [5.74, 6) is -0.396. The largest absolute Gasteiger partial charge is 0.573 e. The number of rotatable bonds is 6. The van der Waals surface area contributed by atoms with Gasteiger partial charge in [0, 0.05) is 5.75 Å². The Morgan fingerprint density at radius 3 is 2.56 bits per heavy atom. The Hall–Kier alpha value is -3.08. The quantitative estimate of drug-likeness (QED) is 0.342. The third-order valence-corrected chi connectivity index (χ3v) is 3.88. The van der Waals surface area contributed by atoms with E-state index in [-0.39, 0.29) is 10.7 Å². The Bertz CT molecular complexity index is 858. The van der Waals surface area contributed by atoms with Crippen LogP contribution in [0.3, 0.4) is 0 Å². The summed E-state index contributed by atoms with van der Waals surface area (Å²) >= 11 is 1.19. The van der Waals surface area contributed by atoms with Crippen molar-refractivity contribution in [2.45, 2.75) is 12.1 Å². The molecular weight excluding hydrogens is 385 g/mol. The molecule has 2 rings (SSSR count). The average Bonchev–Trinajstić information content (AvgIpc) is 2.59. The second kappa shape index (κ2) is 9.03. The number of nitro groups is 1. The highest BCUT2D eigenvalue weighted by molar-refractivity contribution is 8.13. The van der Waals surface area contributed by atoms with Crippen molar-refractivity contribution in [2.24, 2.45) is 15.9 Å². The molecule has 142 valence electrons. The van der Waals surface area contributed by atoms with Crippen molar-refractivity contribution in [1.82, 2.24) is 0 Å². The maximum atomic E-state index is 12.4. The molecule has 0 aromatic heterocycles. The van der Waals surface area contributed by atoms with E-state index < -0.39 is 22.7 Å². The summed E-state index contributed by atoms with van der Waals surface area (Å²) in [5.41, 5.74) is 5.63. The molecular formula is C16H13F3N4O3S. The molecule has 0 fully saturated rings. The SMILES string of the molecule is NC(=NN=Cc1cccc(OC(F)(F)F)c1[N+](=O)[O-])SCc1ccccc1. The molecule has 2 N–H and O–H groups in total. The fourth-order valence-corrected chi connectivity index (χ4v) is 2.57. The van der Waals surface area contributed by atoms with Gasteiger partial charge in [-0.3, -0.25) is 10.1 Å². The molecule has 2 aromatic carbocycles. The highest BCUT2D eigenvalue weighted by Gasteiger charge is 2.35. The molecule has 0 amide bonds. The zero-order valence-corrected chi connectivity index (χ0v) is 14.4. The Morgan fingerprint density at radius 2 is 1.93 bits per heavy atom. The van der Waals surface area contributed by atoms with Crippen LogP contribution in [0, 0.1) is 10.1 Å². The van der Waals surface area contributed by atoms with Crippen molar-refractivity contribution < 1.29 is 22.8 Å². The molecule has 2 aromatic rings. The molecule has 0 saturated heterocycles. The van der Waals surface area contributed by atoms with Crippen molar-refractivity contribution in [3.8, 4) is 5.75 Å². The molecule has 0 unspecified atom stereocenters. The van der Waals surface area contributed by atoms with Crippen LogP contribution in [0.1, 0.15) is 11.1 Å². The summed E-state index contributed by atoms with van der Waals surface area (Å²) in [6.07, 6.45) is -4.12. The van der Waals surface area contributed by atoms with Gasteiger partial charge in [0.25, 0.3) is 0 Å². The van der Waals surface area contributed by atoms with Gasteiger partial charge in [-0.1, -0.05) is 48.2 Å². The zero-order chi connectivity index (χ0) is 19.9. The minimum atomic E-state index is -5.06. The van der Waals surface area contributed by atoms with E-state index in [4.69, 9.17) is 5.73 Å². The van der Waals surface area contributed by atoms with E-state index in [0.717, 1.165) is 17.8 Å². The van der Waals surface area contributed by atoms with Gasteiger partial charge < -0.3 is 10.5 Å². The predicted molar refractivity (Wildman–Crippen MR) is 96.7 cm³/mol. The van der Waals surface area contributed by atoms with Gasteiger partial charge in [0.05, 0.1) is 16.7 Å². The highest BCUT2D eigenvalue weighted by Crippen LogP contribution is 2.34. The molecule has 0 aliphatic carbocycles. The van der Waals surface area contributed by atoms with Crippen LogP contribution in [0.25, 0.3) is 0 Å². The minimum absolute atomic E-state index is 0.0976. The summed E-state index contributed by atoms with van der Waals surface area (Å²) < 4.78 is 40.8. The van der Waals surface area contributed by atoms with E-state index in [1.54, 1.807) is 0 Å². The number of benzene rings is 2. The maximum absolute atomic E-state index is 12.4. The van der Waals surface area contributed by atoms with Crippen LogP contribution in [0.2, 0.25) is 0 Å². The fraction of sp³-hybridized carbons (Fsp3) is 0.125. The predicted octanol–water partition coefficient (Wildman–Crippen LogP) is 4.08. The normalized spacial score (nSPS) is 12.3. The van der Waals surface area contributed by atoms with E-state index in [1.165, 1.54) is 23.9 Å². The molecule has 0 aliphatic heterocycles. The Morgan fingerprint density at radius 1 is 1.22 bits per heavy atom. The fourth-order valence-electron chi connectivity index (χ4n) is 1.95. The van der Waals surface area contributed by atoms with E-state index in [9.17, 15) is 23.3 Å². The summed E-state index contributed by atoms with van der Waals surface area (Å²) in [7, 11) is 0. The van der Waals surface area contributed by atoms with Gasteiger partial charge in [0.1, 0.15) is 0 Å². The summed E-state index contributed by atoms with van der Waals surface area (Å²) in [5, 5.41) is 18.5. The van der Waals surface area contributed by atoms with Crippen LogP contribution in [0.4, 0.5) is 18.9 Å². The number of alkyl halides is 3. The maximum Gasteiger partial charge on any atom is 0.573 e. The Balaban J connectivity index is 2.13. The molecule has 7 nitrogen and oxygen atoms in total. The molecule has 0 spiro atoms. The smallest absolute Gasteiger partial charge is 0.398 e. The van der Waals surface area contributed by atoms with Gasteiger partial charge in [-0.2, -0.15) is 5.10 Å². The second-order valence-electron chi connectivity index (χ2n) is 4.96. The van der Waals surface area contributed by atoms with Crippen LogP contribution >= 0.6 is 11.8 Å². The standard InChI is InChI=1S/C16H13F3N4O3S/c17-16(18,19)26-13-8-4-7-12(14(13)23(24)25)9-21-22-15(20)27-10-11-5-2-1-3-6-11/h1-9H,10H2,(H2,20,22). The molecule has 27 heavy (non-hydrogen) atoms. The van der Waals surface area contributed by atoms with Gasteiger partial charge in [-0.15, -0.1) is 18.3 Å². The van der Waals surface area contributed by atoms with Crippen molar-refractivity contribution >= 4 is 28.8 Å². The zero-order valence-electron chi connectivity index (χ0n) is 13.6. The summed E-state index contributed by atoms with van der Waals surface area (Å²) in [6, 6.07) is 12.7. The van der Waals surface area contributed by atoms with Crippen LogP contribution in [-0.4, -0.2) is 22.7 Å². The number of nitro benzene ring substituents is 1. The first-order chi connectivity index (χ1) is 12.8. The van der Waals surface area contributed by atoms with Crippen LogP contribution in [-0.2, 0) is 5.75 Å². The van der Waals surface area contributed by atoms with Gasteiger partial charge >= 0.3 is 12.0 Å². The van der Waals surface area contributed by atoms with Crippen molar-refractivity contribution in [3.05, 3.63) is 69.8 Å². The summed E-state index contributed by atoms with van der Waals surface area (Å²) in [4.78, 5) is 10.1. The molecule has 11 heteroatoms. The van der Waals surface area contributed by atoms with Crippen LogP contribution in [0.15, 0.2) is 58.7 Å². The summed E-state index contributed by atoms with van der Waals surface area (Å²) in [6.45, 7) is 0. The number of thioether (sulfide) groups is 1. The van der Waals surface area contributed by atoms with Crippen molar-refractivity contribution in [2.75, 3.05) is 0 Å². The lowest BCUT2D eigenvalue weighted by Crippen LogP contribution is -2.18. The minimum Gasteiger partial charge on any atom is -0.398 e. The molecule has 0 heterocycles. The van der Waals surface area contributed by atoms with E-state index in [0.29, 0.717) is 5.75 Å². The number of nitrogens with two attached hydrogens (primary N) is 1. The van der Waals surface area contributed by atoms with E-state index >= 15 is 0 Å². The van der Waals surface area contributed by atoms with Gasteiger partial charge in [-0.25, -0.2) is 0 Å². The Kier molecular flexibility index (Phi) is 6.77. The monoisotopic (exact) mass is 398 g/mol. The topological polar surface area (TPSA) is 103 Å². The second-order valence-corrected chi connectivity index (χ2v) is 5.95. The Labute approximate surface area is 155 Å². The average molecular weight is 398 g/mol. The first-order valence-corrected chi connectivity index (χ1v) is 8.31. The highest BCUT2D eigenvalue weighted by atomic mass is 32.2. The number of nitrogens with zero attached hydrogens (tertiary/aromatic N) is 3.